The Morgan fingerprint density at radius 3 is 2.18 bits per heavy atom. The Kier molecular flexibility index (Phi) is 7.05. The minimum Gasteiger partial charge on any atom is -0.497 e. The van der Waals surface area contributed by atoms with Gasteiger partial charge in [-0.05, 0) is 61.4 Å². The number of rotatable bonds is 7. The highest BCUT2D eigenvalue weighted by Crippen LogP contribution is 2.26. The van der Waals surface area contributed by atoms with Crippen LogP contribution in [0.15, 0.2) is 36.4 Å². The maximum atomic E-state index is 10.4. The number of anilines is 1. The average Bonchev–Trinajstić information content (AvgIpc) is 2.71. The van der Waals surface area contributed by atoms with Gasteiger partial charge in [-0.1, -0.05) is 11.6 Å². The van der Waals surface area contributed by atoms with Crippen molar-refractivity contribution in [3.8, 4) is 11.5 Å². The van der Waals surface area contributed by atoms with Gasteiger partial charge in [0, 0.05) is 43.4 Å². The molecule has 1 aliphatic rings. The van der Waals surface area contributed by atoms with Crippen LogP contribution >= 0.6 is 11.6 Å². The number of nitrogens with zero attached hydrogens (tertiary/aromatic N) is 2. The molecular formula is C22H29ClN2O3. The number of aryl methyl sites for hydroxylation is 2. The molecule has 1 saturated heterocycles. The fourth-order valence-corrected chi connectivity index (χ4v) is 3.62. The Labute approximate surface area is 172 Å². The first-order valence-electron chi connectivity index (χ1n) is 9.65. The molecule has 0 aliphatic carbocycles. The summed E-state index contributed by atoms with van der Waals surface area (Å²) in [6, 6.07) is 12.0. The summed E-state index contributed by atoms with van der Waals surface area (Å²) < 4.78 is 11.0. The molecule has 1 atom stereocenters. The van der Waals surface area contributed by atoms with E-state index in [1.165, 1.54) is 5.69 Å². The third-order valence-electron chi connectivity index (χ3n) is 5.13. The van der Waals surface area contributed by atoms with Crippen molar-refractivity contribution in [2.24, 2.45) is 0 Å². The molecule has 0 amide bonds. The molecular weight excluding hydrogens is 376 g/mol. The number of aliphatic hydroxyl groups is 1. The fraction of sp³-hybridized carbons (Fsp3) is 0.455. The Hall–Kier alpha value is -1.95. The van der Waals surface area contributed by atoms with E-state index in [-0.39, 0.29) is 6.61 Å². The number of benzene rings is 2. The van der Waals surface area contributed by atoms with Crippen molar-refractivity contribution in [3.63, 3.8) is 0 Å². The molecule has 28 heavy (non-hydrogen) atoms. The first-order valence-corrected chi connectivity index (χ1v) is 10.0. The molecule has 3 rings (SSSR count). The van der Waals surface area contributed by atoms with Gasteiger partial charge in [0.05, 0.1) is 7.11 Å². The zero-order valence-corrected chi connectivity index (χ0v) is 17.6. The number of methoxy groups -OCH3 is 1. The quantitative estimate of drug-likeness (QED) is 0.764. The predicted octanol–water partition coefficient (Wildman–Crippen LogP) is 3.53. The maximum absolute atomic E-state index is 10.4. The van der Waals surface area contributed by atoms with Gasteiger partial charge in [0.1, 0.15) is 24.2 Å². The van der Waals surface area contributed by atoms with Crippen LogP contribution in [-0.4, -0.2) is 62.6 Å². The van der Waals surface area contributed by atoms with Crippen LogP contribution in [0.1, 0.15) is 11.1 Å². The lowest BCUT2D eigenvalue weighted by atomic mass is 10.1. The number of ether oxygens (including phenoxy) is 2. The Bertz CT molecular complexity index is 751. The van der Waals surface area contributed by atoms with Crippen LogP contribution in [-0.2, 0) is 0 Å². The van der Waals surface area contributed by atoms with Crippen molar-refractivity contribution in [3.05, 3.63) is 52.5 Å². The van der Waals surface area contributed by atoms with E-state index in [0.29, 0.717) is 6.54 Å². The number of β-amino-alcohol motifs (C(OH)–C–C–N with tert-alkyl or cyclic N) is 1. The molecule has 1 N–H and O–H groups in total. The summed E-state index contributed by atoms with van der Waals surface area (Å²) in [5, 5.41) is 11.1. The van der Waals surface area contributed by atoms with Crippen LogP contribution in [0.25, 0.3) is 0 Å². The zero-order valence-electron chi connectivity index (χ0n) is 16.8. The van der Waals surface area contributed by atoms with Crippen molar-refractivity contribution in [2.75, 3.05) is 51.3 Å². The van der Waals surface area contributed by atoms with Crippen LogP contribution in [0.4, 0.5) is 5.69 Å². The molecule has 0 saturated carbocycles. The van der Waals surface area contributed by atoms with E-state index in [1.807, 2.05) is 38.1 Å². The number of aliphatic hydroxyl groups excluding tert-OH is 1. The predicted molar refractivity (Wildman–Crippen MR) is 114 cm³/mol. The van der Waals surface area contributed by atoms with Gasteiger partial charge in [0.2, 0.25) is 0 Å². The van der Waals surface area contributed by atoms with E-state index in [0.717, 1.165) is 53.8 Å². The van der Waals surface area contributed by atoms with E-state index in [9.17, 15) is 5.11 Å². The summed E-state index contributed by atoms with van der Waals surface area (Å²) in [6.07, 6.45) is -0.524. The molecule has 5 nitrogen and oxygen atoms in total. The number of hydrogen-bond acceptors (Lipinski definition) is 5. The standard InChI is InChI=1S/C22H29ClN2O3/c1-16-12-21(13-17(2)22(16)23)28-15-19(26)14-24-8-10-25(11-9-24)18-4-6-20(27-3)7-5-18/h4-7,12-13,19,26H,8-11,14-15H2,1-3H3/t19-/m0/s1. The fourth-order valence-electron chi connectivity index (χ4n) is 3.51. The average molecular weight is 405 g/mol. The third-order valence-corrected chi connectivity index (χ3v) is 5.73. The van der Waals surface area contributed by atoms with Crippen LogP contribution in [0, 0.1) is 13.8 Å². The normalized spacial score (nSPS) is 16.1. The van der Waals surface area contributed by atoms with Gasteiger partial charge in [-0.3, -0.25) is 4.90 Å². The van der Waals surface area contributed by atoms with Gasteiger partial charge in [-0.2, -0.15) is 0 Å². The van der Waals surface area contributed by atoms with E-state index in [1.54, 1.807) is 7.11 Å². The molecule has 6 heteroatoms. The minimum atomic E-state index is -0.524. The largest absolute Gasteiger partial charge is 0.497 e. The van der Waals surface area contributed by atoms with Crippen molar-refractivity contribution in [1.29, 1.82) is 0 Å². The summed E-state index contributed by atoms with van der Waals surface area (Å²) in [4.78, 5) is 4.64. The monoisotopic (exact) mass is 404 g/mol. The Balaban J connectivity index is 1.44. The summed E-state index contributed by atoms with van der Waals surface area (Å²) in [5.74, 6) is 1.62. The van der Waals surface area contributed by atoms with E-state index in [2.05, 4.69) is 21.9 Å². The molecule has 0 aromatic heterocycles. The molecule has 1 fully saturated rings. The smallest absolute Gasteiger partial charge is 0.120 e. The second-order valence-electron chi connectivity index (χ2n) is 7.32. The van der Waals surface area contributed by atoms with E-state index in [4.69, 9.17) is 21.1 Å². The highest BCUT2D eigenvalue weighted by Gasteiger charge is 2.20. The van der Waals surface area contributed by atoms with Gasteiger partial charge in [-0.25, -0.2) is 0 Å². The molecule has 0 spiro atoms. The Morgan fingerprint density at radius 1 is 1.00 bits per heavy atom. The molecule has 2 aromatic rings. The third kappa shape index (κ3) is 5.31. The first-order chi connectivity index (χ1) is 13.5. The lowest BCUT2D eigenvalue weighted by molar-refractivity contribution is 0.0663. The van der Waals surface area contributed by atoms with E-state index >= 15 is 0 Å². The van der Waals surface area contributed by atoms with Crippen molar-refractivity contribution < 1.29 is 14.6 Å². The van der Waals surface area contributed by atoms with Crippen molar-refractivity contribution in [2.45, 2.75) is 20.0 Å². The first kappa shape index (κ1) is 20.8. The highest BCUT2D eigenvalue weighted by atomic mass is 35.5. The van der Waals surface area contributed by atoms with Gasteiger partial charge in [0.25, 0.3) is 0 Å². The second kappa shape index (κ2) is 9.50. The molecule has 1 aliphatic heterocycles. The second-order valence-corrected chi connectivity index (χ2v) is 7.70. The van der Waals surface area contributed by atoms with Crippen molar-refractivity contribution >= 4 is 17.3 Å². The van der Waals surface area contributed by atoms with Gasteiger partial charge in [-0.15, -0.1) is 0 Å². The molecule has 1 heterocycles. The number of hydrogen-bond donors (Lipinski definition) is 1. The lowest BCUT2D eigenvalue weighted by Crippen LogP contribution is -2.49. The number of piperazine rings is 1. The van der Waals surface area contributed by atoms with Crippen LogP contribution in [0.3, 0.4) is 0 Å². The van der Waals surface area contributed by atoms with Gasteiger partial charge in [0.15, 0.2) is 0 Å². The molecule has 0 unspecified atom stereocenters. The van der Waals surface area contributed by atoms with Crippen molar-refractivity contribution in [1.82, 2.24) is 4.90 Å². The summed E-state index contributed by atoms with van der Waals surface area (Å²) in [7, 11) is 1.68. The van der Waals surface area contributed by atoms with Gasteiger partial charge >= 0.3 is 0 Å². The minimum absolute atomic E-state index is 0.277. The van der Waals surface area contributed by atoms with E-state index < -0.39 is 6.10 Å². The lowest BCUT2D eigenvalue weighted by Gasteiger charge is -2.36. The van der Waals surface area contributed by atoms with Crippen LogP contribution < -0.4 is 14.4 Å². The maximum Gasteiger partial charge on any atom is 0.120 e. The summed E-state index contributed by atoms with van der Waals surface area (Å²) in [5.41, 5.74) is 3.18. The summed E-state index contributed by atoms with van der Waals surface area (Å²) >= 11 is 6.19. The Morgan fingerprint density at radius 2 is 1.61 bits per heavy atom. The summed E-state index contributed by atoms with van der Waals surface area (Å²) in [6.45, 7) is 8.53. The van der Waals surface area contributed by atoms with Gasteiger partial charge < -0.3 is 19.5 Å². The molecule has 2 aromatic carbocycles. The SMILES string of the molecule is COc1ccc(N2CCN(C[C@H](O)COc3cc(C)c(Cl)c(C)c3)CC2)cc1. The highest BCUT2D eigenvalue weighted by molar-refractivity contribution is 6.32. The molecule has 0 radical (unpaired) electrons. The van der Waals surface area contributed by atoms with Crippen LogP contribution in [0.2, 0.25) is 5.02 Å². The number of halogens is 1. The zero-order chi connectivity index (χ0) is 20.1. The topological polar surface area (TPSA) is 45.2 Å². The molecule has 0 bridgehead atoms. The molecule has 152 valence electrons. The van der Waals surface area contributed by atoms with Crippen LogP contribution in [0.5, 0.6) is 11.5 Å².